The maximum Gasteiger partial charge on any atom is 0.0789 e. The van der Waals surface area contributed by atoms with Crippen LogP contribution in [0, 0.1) is 123 Å². The molecule has 7 aliphatic rings. The number of fused-ring (bicyclic) bond motifs is 1. The minimum Gasteiger partial charge on any atom is -0.381 e. The molecular weight excluding hydrogens is 1290 g/mol. The summed E-state index contributed by atoms with van der Waals surface area (Å²) in [6, 6.07) is 44.9. The molecule has 1 heterocycles. The van der Waals surface area contributed by atoms with Crippen LogP contribution in [0.4, 0.5) is 0 Å². The molecule has 4 aromatic carbocycles. The summed E-state index contributed by atoms with van der Waals surface area (Å²) in [5.41, 5.74) is 8.55. The van der Waals surface area contributed by atoms with Crippen LogP contribution in [0.3, 0.4) is 0 Å². The Balaban J connectivity index is 0.000000200. The first-order chi connectivity index (χ1) is 49.4. The second-order valence-electron chi connectivity index (χ2n) is 39.6. The molecule has 0 radical (unpaired) electrons. The standard InChI is InChI=1S/C24H32.C22H28.C18H38OSi2.C14H28.C12H24.C11H22/c1-5-21-22(6-2)24(20-15-11-8-12-16-20)18(4)17(3)23(21)19-13-9-7-10-14-19;1-3-17-15-21(19-11-7-5-8-12-19)22(16-18(17)4-2)20-13-9-6-10-14-20;1-9-13-11-15-16(12-14(13)10-2)18(21(6,7)8)19-17(15)20(3,4)5;1-7-13(5)9-11(3)12(4)10-14(13,6)8-2;1-5-11-7-9(3)10(4)8-12(11)6-2;1-4-10-7-6-9(3)8-11(10)5-2/h7-18,21-24H,5-6H2,1-4H3;5-14,17-18,21-22H,3-4,15-16H2,1-2H3;13-18H,9-12H2,1-8H3;11-12H,7-10H2,1-6H3;9-12H,5-8H2,1-4H3;9-11H,4-8H2,1-3H3/t17?,18?,21-,22+,23?,24?;;;11?,12?,13-,14+;9?,10?,11-,12+;9?,10-,11+/m.....1/s1. The van der Waals surface area contributed by atoms with Gasteiger partial charge in [-0.2, -0.15) is 0 Å². The highest BCUT2D eigenvalue weighted by Gasteiger charge is 2.56. The van der Waals surface area contributed by atoms with E-state index in [1.54, 1.807) is 11.1 Å². The average molecular weight is 1460 g/mol. The summed E-state index contributed by atoms with van der Waals surface area (Å²) in [5.74, 6) is 20.1. The fraction of sp³-hybridized carbons (Fsp3) is 0.762. The van der Waals surface area contributed by atoms with Crippen molar-refractivity contribution in [1.29, 1.82) is 0 Å². The summed E-state index contributed by atoms with van der Waals surface area (Å²) in [5, 5.41) is 0. The number of hydrogen-bond donors (Lipinski definition) is 0. The highest BCUT2D eigenvalue weighted by atomic mass is 28.3. The van der Waals surface area contributed by atoms with Crippen LogP contribution in [0.2, 0.25) is 39.3 Å². The first-order valence-corrected chi connectivity index (χ1v) is 52.5. The van der Waals surface area contributed by atoms with Crippen LogP contribution in [-0.4, -0.2) is 27.6 Å². The number of benzene rings is 4. The van der Waals surface area contributed by atoms with Crippen molar-refractivity contribution >= 4 is 16.1 Å². The molecule has 590 valence electrons. The predicted molar refractivity (Wildman–Crippen MR) is 469 cm³/mol. The topological polar surface area (TPSA) is 9.23 Å². The molecule has 0 aromatic heterocycles. The molecule has 0 bridgehead atoms. The molecule has 1 nitrogen and oxygen atoms in total. The Morgan fingerprint density at radius 3 is 0.875 bits per heavy atom. The van der Waals surface area contributed by atoms with E-state index in [1.165, 1.54) is 159 Å². The lowest BCUT2D eigenvalue weighted by atomic mass is 9.51. The second kappa shape index (κ2) is 42.6. The van der Waals surface area contributed by atoms with Crippen LogP contribution < -0.4 is 0 Å². The van der Waals surface area contributed by atoms with E-state index in [0.717, 1.165) is 101 Å². The number of rotatable bonds is 18. The van der Waals surface area contributed by atoms with Gasteiger partial charge in [-0.1, -0.05) is 389 Å². The molecule has 0 spiro atoms. The monoisotopic (exact) mass is 1460 g/mol. The minimum absolute atomic E-state index is 0.577. The maximum atomic E-state index is 6.85. The predicted octanol–water partition coefficient (Wildman–Crippen LogP) is 31.7. The van der Waals surface area contributed by atoms with E-state index in [2.05, 4.69) is 306 Å². The summed E-state index contributed by atoms with van der Waals surface area (Å²) in [7, 11) is -2.46. The maximum absolute atomic E-state index is 6.85. The molecule has 0 amide bonds. The lowest BCUT2D eigenvalue weighted by molar-refractivity contribution is -0.0403. The van der Waals surface area contributed by atoms with E-state index in [-0.39, 0.29) is 0 Å². The van der Waals surface area contributed by atoms with E-state index < -0.39 is 16.1 Å². The van der Waals surface area contributed by atoms with Gasteiger partial charge in [0.25, 0.3) is 0 Å². The first kappa shape index (κ1) is 90.2. The molecule has 104 heavy (non-hydrogen) atoms. The summed E-state index contributed by atoms with van der Waals surface area (Å²) in [6.07, 6.45) is 32.1. The molecule has 1 aliphatic heterocycles. The lowest BCUT2D eigenvalue weighted by Crippen LogP contribution is -2.45. The van der Waals surface area contributed by atoms with Gasteiger partial charge in [-0.3, -0.25) is 0 Å². The Kier molecular flexibility index (Phi) is 36.9. The SMILES string of the molecule is CCC1CC(c2ccccc2)C(c2ccccc2)CC1CC.CCC1CC2C(CC1CC)C([Si](C)(C)C)OC2[Si](C)(C)C.CC[C@@H]1C(c2ccccc2)C(C)C(C)C(c2ccccc2)[C@@H]1CC.CC[C@@H]1CC(C)C(C)C[C@@H]1CC.CC[C@@H]1CCC(C)C[C@@H]1CC.CC[C@@]1(C)CC(C)C(C)C[C@@]1(C)CC. The first-order valence-electron chi connectivity index (χ1n) is 45.3. The van der Waals surface area contributed by atoms with Gasteiger partial charge in [0.05, 0.1) is 27.6 Å². The highest BCUT2D eigenvalue weighted by molar-refractivity contribution is 6.79. The number of hydrogen-bond acceptors (Lipinski definition) is 1. The third kappa shape index (κ3) is 23.2. The van der Waals surface area contributed by atoms with Crippen molar-refractivity contribution < 1.29 is 4.74 Å². The molecule has 1 saturated heterocycles. The Labute approximate surface area is 651 Å². The molecule has 6 saturated carbocycles. The van der Waals surface area contributed by atoms with Gasteiger partial charge in [-0.15, -0.1) is 0 Å². The quantitative estimate of drug-likeness (QED) is 0.0902. The molecule has 3 heteroatoms. The van der Waals surface area contributed by atoms with Crippen molar-refractivity contribution in [2.45, 2.75) is 367 Å². The van der Waals surface area contributed by atoms with Crippen molar-refractivity contribution in [1.82, 2.24) is 0 Å². The summed E-state index contributed by atoms with van der Waals surface area (Å²) >= 11 is 0. The van der Waals surface area contributed by atoms with Crippen molar-refractivity contribution in [3.63, 3.8) is 0 Å². The Bertz CT molecular complexity index is 2730. The zero-order valence-corrected chi connectivity index (χ0v) is 75.7. The van der Waals surface area contributed by atoms with Crippen molar-refractivity contribution in [3.8, 4) is 0 Å². The molecular formula is C101H172OSi2. The zero-order valence-electron chi connectivity index (χ0n) is 73.7. The van der Waals surface area contributed by atoms with Crippen LogP contribution in [0.1, 0.15) is 339 Å². The summed E-state index contributed by atoms with van der Waals surface area (Å²) in [6.45, 7) is 65.8. The van der Waals surface area contributed by atoms with E-state index >= 15 is 0 Å². The van der Waals surface area contributed by atoms with Gasteiger partial charge in [-0.05, 0) is 233 Å². The molecule has 6 aliphatic carbocycles. The fourth-order valence-electron chi connectivity index (χ4n) is 24.1. The smallest absolute Gasteiger partial charge is 0.0789 e. The van der Waals surface area contributed by atoms with Gasteiger partial charge < -0.3 is 4.74 Å². The minimum atomic E-state index is -1.23. The van der Waals surface area contributed by atoms with Crippen LogP contribution >= 0.6 is 0 Å². The van der Waals surface area contributed by atoms with Crippen LogP contribution in [0.25, 0.3) is 0 Å². The van der Waals surface area contributed by atoms with E-state index in [1.807, 2.05) is 0 Å². The summed E-state index contributed by atoms with van der Waals surface area (Å²) < 4.78 is 6.85. The van der Waals surface area contributed by atoms with E-state index in [9.17, 15) is 0 Å². The van der Waals surface area contributed by atoms with Gasteiger partial charge in [0, 0.05) is 0 Å². The lowest BCUT2D eigenvalue weighted by Gasteiger charge is -2.54. The van der Waals surface area contributed by atoms with Crippen LogP contribution in [0.15, 0.2) is 121 Å². The zero-order chi connectivity index (χ0) is 76.9. The largest absolute Gasteiger partial charge is 0.381 e. The van der Waals surface area contributed by atoms with Gasteiger partial charge in [0.2, 0.25) is 0 Å². The molecule has 27 atom stereocenters. The van der Waals surface area contributed by atoms with Gasteiger partial charge >= 0.3 is 0 Å². The number of ether oxygens (including phenoxy) is 1. The fourth-order valence-corrected chi connectivity index (χ4v) is 28.7. The Hall–Kier alpha value is -2.73. The van der Waals surface area contributed by atoms with E-state index in [4.69, 9.17) is 4.74 Å². The second-order valence-corrected chi connectivity index (χ2v) is 50.2. The van der Waals surface area contributed by atoms with Gasteiger partial charge in [0.1, 0.15) is 0 Å². The molecule has 0 N–H and O–H groups in total. The van der Waals surface area contributed by atoms with Crippen molar-refractivity contribution in [2.75, 3.05) is 0 Å². The molecule has 11 rings (SSSR count). The van der Waals surface area contributed by atoms with Crippen LogP contribution in [0.5, 0.6) is 0 Å². The van der Waals surface area contributed by atoms with Crippen molar-refractivity contribution in [3.05, 3.63) is 144 Å². The molecule has 7 fully saturated rings. The Morgan fingerprint density at radius 1 is 0.317 bits per heavy atom. The molecule has 4 aromatic rings. The average Bonchev–Trinajstić information content (AvgIpc) is 1.55. The molecule has 19 unspecified atom stereocenters. The normalized spacial score (nSPS) is 37.7. The Morgan fingerprint density at radius 2 is 0.596 bits per heavy atom. The highest BCUT2D eigenvalue weighted by Crippen LogP contribution is 2.59. The third-order valence-corrected chi connectivity index (χ3v) is 36.3. The van der Waals surface area contributed by atoms with Crippen molar-refractivity contribution in [2.24, 2.45) is 123 Å². The van der Waals surface area contributed by atoms with Gasteiger partial charge in [-0.25, -0.2) is 0 Å². The van der Waals surface area contributed by atoms with Crippen LogP contribution in [-0.2, 0) is 4.74 Å². The van der Waals surface area contributed by atoms with E-state index in [0.29, 0.717) is 57.8 Å². The van der Waals surface area contributed by atoms with Gasteiger partial charge in [0.15, 0.2) is 0 Å². The third-order valence-electron chi connectivity index (χ3n) is 31.7. The summed E-state index contributed by atoms with van der Waals surface area (Å²) in [4.78, 5) is 0.